The Hall–Kier alpha value is -0.800. The Morgan fingerprint density at radius 3 is 2.56 bits per heavy atom. The molecule has 0 aromatic heterocycles. The van der Waals surface area contributed by atoms with Gasteiger partial charge in [0.2, 0.25) is 0 Å². The lowest BCUT2D eigenvalue weighted by molar-refractivity contribution is 0.0727. The smallest absolute Gasteiger partial charge is 0.255 e. The third kappa shape index (κ3) is 2.62. The number of hydrogen-bond donors (Lipinski definition) is 0. The second kappa shape index (κ2) is 5.06. The maximum Gasteiger partial charge on any atom is 0.255 e. The van der Waals surface area contributed by atoms with Crippen LogP contribution in [0.25, 0.3) is 0 Å². The van der Waals surface area contributed by atoms with Crippen molar-refractivity contribution in [2.24, 2.45) is 5.92 Å². The highest BCUT2D eigenvalue weighted by Crippen LogP contribution is 2.35. The number of nitrogens with zero attached hydrogens (tertiary/aromatic N) is 1. The molecule has 1 fully saturated rings. The standard InChI is InChI=1S/C13H14Cl2FNO/c1-7(8-3-4-8)17(2)13(18)9-5-12(16)11(15)6-10(9)14/h5-8H,3-4H2,1-2H3. The van der Waals surface area contributed by atoms with Crippen molar-refractivity contribution < 1.29 is 9.18 Å². The molecule has 1 amide bonds. The molecular formula is C13H14Cl2FNO. The number of benzene rings is 1. The number of amides is 1. The molecule has 0 radical (unpaired) electrons. The Bertz CT molecular complexity index is 488. The zero-order valence-corrected chi connectivity index (χ0v) is 11.7. The molecule has 1 aromatic carbocycles. The van der Waals surface area contributed by atoms with Gasteiger partial charge in [0, 0.05) is 13.1 Å². The molecule has 0 aliphatic heterocycles. The Morgan fingerprint density at radius 2 is 2.00 bits per heavy atom. The largest absolute Gasteiger partial charge is 0.339 e. The average molecular weight is 290 g/mol. The molecule has 5 heteroatoms. The lowest BCUT2D eigenvalue weighted by atomic mass is 10.1. The highest BCUT2D eigenvalue weighted by molar-refractivity contribution is 6.36. The average Bonchev–Trinajstić information content (AvgIpc) is 3.15. The summed E-state index contributed by atoms with van der Waals surface area (Å²) in [5.41, 5.74) is 0.161. The van der Waals surface area contributed by atoms with Crippen LogP contribution in [-0.2, 0) is 0 Å². The Balaban J connectivity index is 2.25. The monoisotopic (exact) mass is 289 g/mol. The van der Waals surface area contributed by atoms with Crippen LogP contribution >= 0.6 is 23.2 Å². The molecule has 18 heavy (non-hydrogen) atoms. The van der Waals surface area contributed by atoms with Gasteiger partial charge in [0.05, 0.1) is 15.6 Å². The minimum Gasteiger partial charge on any atom is -0.339 e. The van der Waals surface area contributed by atoms with Crippen molar-refractivity contribution in [3.8, 4) is 0 Å². The molecule has 2 nitrogen and oxygen atoms in total. The number of rotatable bonds is 3. The van der Waals surface area contributed by atoms with Crippen LogP contribution in [0.1, 0.15) is 30.1 Å². The molecule has 1 saturated carbocycles. The molecule has 0 saturated heterocycles. The molecule has 0 N–H and O–H groups in total. The van der Waals surface area contributed by atoms with Crippen LogP contribution in [0.3, 0.4) is 0 Å². The summed E-state index contributed by atoms with van der Waals surface area (Å²) in [5.74, 6) is -0.346. The zero-order valence-electron chi connectivity index (χ0n) is 10.2. The van der Waals surface area contributed by atoms with Gasteiger partial charge in [-0.2, -0.15) is 0 Å². The highest BCUT2D eigenvalue weighted by Gasteiger charge is 2.33. The number of halogens is 3. The quantitative estimate of drug-likeness (QED) is 0.770. The van der Waals surface area contributed by atoms with E-state index in [1.165, 1.54) is 6.07 Å². The van der Waals surface area contributed by atoms with Crippen LogP contribution < -0.4 is 0 Å². The summed E-state index contributed by atoms with van der Waals surface area (Å²) in [4.78, 5) is 13.9. The first-order valence-corrected chi connectivity index (χ1v) is 6.59. The molecule has 2 rings (SSSR count). The van der Waals surface area contributed by atoms with E-state index in [0.717, 1.165) is 18.9 Å². The molecule has 0 bridgehead atoms. The number of carbonyl (C=O) groups excluding carboxylic acids is 1. The van der Waals surface area contributed by atoms with Gasteiger partial charge >= 0.3 is 0 Å². The Labute approximate surface area is 116 Å². The zero-order chi connectivity index (χ0) is 13.4. The van der Waals surface area contributed by atoms with Crippen molar-refractivity contribution in [2.75, 3.05) is 7.05 Å². The van der Waals surface area contributed by atoms with E-state index in [-0.39, 0.29) is 27.6 Å². The van der Waals surface area contributed by atoms with E-state index < -0.39 is 5.82 Å². The summed E-state index contributed by atoms with van der Waals surface area (Å²) < 4.78 is 13.4. The van der Waals surface area contributed by atoms with Gasteiger partial charge in [0.15, 0.2) is 0 Å². The summed E-state index contributed by atoms with van der Waals surface area (Å²) in [5, 5.41) is 0.107. The molecule has 1 aliphatic carbocycles. The van der Waals surface area contributed by atoms with Crippen molar-refractivity contribution in [3.63, 3.8) is 0 Å². The fraction of sp³-hybridized carbons (Fsp3) is 0.462. The summed E-state index contributed by atoms with van der Waals surface area (Å²) in [6.45, 7) is 2.00. The first-order valence-electron chi connectivity index (χ1n) is 5.83. The molecule has 0 heterocycles. The summed E-state index contributed by atoms with van der Waals surface area (Å²) in [7, 11) is 1.72. The van der Waals surface area contributed by atoms with Crippen molar-refractivity contribution in [2.45, 2.75) is 25.8 Å². The van der Waals surface area contributed by atoms with Crippen LogP contribution in [0.5, 0.6) is 0 Å². The van der Waals surface area contributed by atoms with E-state index in [2.05, 4.69) is 0 Å². The van der Waals surface area contributed by atoms with Crippen LogP contribution in [0.2, 0.25) is 10.0 Å². The van der Waals surface area contributed by atoms with Gasteiger partial charge in [-0.3, -0.25) is 4.79 Å². The summed E-state index contributed by atoms with van der Waals surface area (Å²) in [6, 6.07) is 2.51. The Kier molecular flexibility index (Phi) is 3.83. The molecule has 1 atom stereocenters. The normalized spacial score (nSPS) is 16.5. The lowest BCUT2D eigenvalue weighted by Crippen LogP contribution is -2.36. The Morgan fingerprint density at radius 1 is 1.39 bits per heavy atom. The van der Waals surface area contributed by atoms with Crippen molar-refractivity contribution in [3.05, 3.63) is 33.6 Å². The minimum atomic E-state index is -0.628. The van der Waals surface area contributed by atoms with E-state index in [1.807, 2.05) is 6.92 Å². The second-order valence-corrected chi connectivity index (χ2v) is 5.55. The van der Waals surface area contributed by atoms with Crippen LogP contribution in [0.4, 0.5) is 4.39 Å². The third-order valence-electron chi connectivity index (χ3n) is 3.48. The van der Waals surface area contributed by atoms with Gasteiger partial charge in [-0.25, -0.2) is 4.39 Å². The molecule has 1 unspecified atom stereocenters. The fourth-order valence-corrected chi connectivity index (χ4v) is 2.42. The molecule has 1 aliphatic rings. The number of hydrogen-bond acceptors (Lipinski definition) is 1. The molecule has 0 spiro atoms. The predicted molar refractivity (Wildman–Crippen MR) is 70.7 cm³/mol. The summed E-state index contributed by atoms with van der Waals surface area (Å²) in [6.07, 6.45) is 2.28. The van der Waals surface area contributed by atoms with E-state index in [4.69, 9.17) is 23.2 Å². The van der Waals surface area contributed by atoms with Gasteiger partial charge in [0.25, 0.3) is 5.91 Å². The van der Waals surface area contributed by atoms with Crippen LogP contribution in [0.15, 0.2) is 12.1 Å². The van der Waals surface area contributed by atoms with Gasteiger partial charge in [-0.1, -0.05) is 23.2 Å². The third-order valence-corrected chi connectivity index (χ3v) is 4.08. The molecule has 98 valence electrons. The lowest BCUT2D eigenvalue weighted by Gasteiger charge is -2.25. The summed E-state index contributed by atoms with van der Waals surface area (Å²) >= 11 is 11.6. The second-order valence-electron chi connectivity index (χ2n) is 4.74. The number of carbonyl (C=O) groups is 1. The van der Waals surface area contributed by atoms with Crippen molar-refractivity contribution in [1.82, 2.24) is 4.90 Å². The van der Waals surface area contributed by atoms with E-state index >= 15 is 0 Å². The van der Waals surface area contributed by atoms with E-state index in [9.17, 15) is 9.18 Å². The van der Waals surface area contributed by atoms with Gasteiger partial charge in [-0.05, 0) is 37.8 Å². The van der Waals surface area contributed by atoms with E-state index in [0.29, 0.717) is 5.92 Å². The first-order chi connectivity index (χ1) is 8.41. The maximum absolute atomic E-state index is 13.4. The van der Waals surface area contributed by atoms with Crippen molar-refractivity contribution in [1.29, 1.82) is 0 Å². The van der Waals surface area contributed by atoms with Crippen LogP contribution in [-0.4, -0.2) is 23.9 Å². The topological polar surface area (TPSA) is 20.3 Å². The SMILES string of the molecule is CC(C1CC1)N(C)C(=O)c1cc(F)c(Cl)cc1Cl. The molecule has 1 aromatic rings. The maximum atomic E-state index is 13.4. The van der Waals surface area contributed by atoms with Crippen LogP contribution in [0, 0.1) is 11.7 Å². The highest BCUT2D eigenvalue weighted by atomic mass is 35.5. The molecular weight excluding hydrogens is 276 g/mol. The van der Waals surface area contributed by atoms with Gasteiger partial charge in [-0.15, -0.1) is 0 Å². The van der Waals surface area contributed by atoms with E-state index in [1.54, 1.807) is 11.9 Å². The van der Waals surface area contributed by atoms with Gasteiger partial charge < -0.3 is 4.90 Å². The first kappa shape index (κ1) is 13.6. The van der Waals surface area contributed by atoms with Crippen molar-refractivity contribution >= 4 is 29.1 Å². The predicted octanol–water partition coefficient (Wildman–Crippen LogP) is 4.00. The fourth-order valence-electron chi connectivity index (χ4n) is 1.96. The minimum absolute atomic E-state index is 0.0746. The van der Waals surface area contributed by atoms with Gasteiger partial charge in [0.1, 0.15) is 5.82 Å².